The van der Waals surface area contributed by atoms with Gasteiger partial charge in [0.25, 0.3) is 5.91 Å². The topological polar surface area (TPSA) is 92.8 Å². The van der Waals surface area contributed by atoms with Crippen molar-refractivity contribution >= 4 is 35.4 Å². The van der Waals surface area contributed by atoms with Crippen molar-refractivity contribution < 1.29 is 23.9 Å². The van der Waals surface area contributed by atoms with Gasteiger partial charge in [0.2, 0.25) is 5.91 Å². The molecule has 0 saturated carbocycles. The number of hydrogen-bond acceptors (Lipinski definition) is 5. The van der Waals surface area contributed by atoms with E-state index in [1.165, 1.54) is 29.2 Å². The molecule has 2 aromatic carbocycles. The molecular weight excluding hydrogens is 348 g/mol. The third kappa shape index (κ3) is 4.03. The van der Waals surface area contributed by atoms with Crippen molar-refractivity contribution in [1.29, 1.82) is 0 Å². The number of aldehydes is 1. The highest BCUT2D eigenvalue weighted by Gasteiger charge is 2.30. The van der Waals surface area contributed by atoms with Gasteiger partial charge in [0, 0.05) is 18.0 Å². The van der Waals surface area contributed by atoms with Gasteiger partial charge in [0.05, 0.1) is 16.9 Å². The van der Waals surface area contributed by atoms with Gasteiger partial charge in [-0.25, -0.2) is 4.79 Å². The molecule has 1 aliphatic rings. The largest absolute Gasteiger partial charge is 0.452 e. The van der Waals surface area contributed by atoms with E-state index >= 15 is 0 Å². The summed E-state index contributed by atoms with van der Waals surface area (Å²) in [7, 11) is 0. The SMILES string of the molecule is C[C@H]1CC(=O)Nc2ccccc2N1C(=O)COC(=O)c1ccc(C=O)cc1. The van der Waals surface area contributed by atoms with Gasteiger partial charge in [0.15, 0.2) is 6.61 Å². The summed E-state index contributed by atoms with van der Waals surface area (Å²) >= 11 is 0. The zero-order valence-corrected chi connectivity index (χ0v) is 14.7. The van der Waals surface area contributed by atoms with E-state index in [-0.39, 0.29) is 23.9 Å². The summed E-state index contributed by atoms with van der Waals surface area (Å²) < 4.78 is 5.12. The van der Waals surface area contributed by atoms with Crippen LogP contribution in [0.5, 0.6) is 0 Å². The number of esters is 1. The van der Waals surface area contributed by atoms with E-state index in [4.69, 9.17) is 4.74 Å². The van der Waals surface area contributed by atoms with Gasteiger partial charge in [-0.3, -0.25) is 14.4 Å². The van der Waals surface area contributed by atoms with E-state index < -0.39 is 18.5 Å². The van der Waals surface area contributed by atoms with Crippen LogP contribution in [0, 0.1) is 0 Å². The Kier molecular flexibility index (Phi) is 5.30. The predicted octanol–water partition coefficient (Wildman–Crippen LogP) is 2.42. The predicted molar refractivity (Wildman–Crippen MR) is 98.7 cm³/mol. The first-order chi connectivity index (χ1) is 13.0. The Morgan fingerprint density at radius 2 is 1.89 bits per heavy atom. The Hall–Kier alpha value is -3.48. The minimum atomic E-state index is -0.661. The highest BCUT2D eigenvalue weighted by molar-refractivity contribution is 6.05. The zero-order chi connectivity index (χ0) is 19.4. The highest BCUT2D eigenvalue weighted by atomic mass is 16.5. The normalized spacial score (nSPS) is 16.0. The lowest BCUT2D eigenvalue weighted by atomic mass is 10.1. The first kappa shape index (κ1) is 18.3. The van der Waals surface area contributed by atoms with Crippen molar-refractivity contribution in [2.45, 2.75) is 19.4 Å². The van der Waals surface area contributed by atoms with Gasteiger partial charge in [0.1, 0.15) is 6.29 Å². The number of carbonyl (C=O) groups excluding carboxylic acids is 4. The number of amides is 2. The average molecular weight is 366 g/mol. The fraction of sp³-hybridized carbons (Fsp3) is 0.200. The number of rotatable bonds is 4. The molecular formula is C20H18N2O5. The van der Waals surface area contributed by atoms with Gasteiger partial charge in [-0.05, 0) is 31.2 Å². The van der Waals surface area contributed by atoms with Crippen LogP contribution in [0.4, 0.5) is 11.4 Å². The lowest BCUT2D eigenvalue weighted by molar-refractivity contribution is -0.122. The van der Waals surface area contributed by atoms with Crippen LogP contribution in [0.2, 0.25) is 0 Å². The highest BCUT2D eigenvalue weighted by Crippen LogP contribution is 2.31. The lowest BCUT2D eigenvalue weighted by Gasteiger charge is -2.27. The van der Waals surface area contributed by atoms with Crippen LogP contribution < -0.4 is 10.2 Å². The number of para-hydroxylation sites is 2. The molecule has 1 aliphatic heterocycles. The van der Waals surface area contributed by atoms with Crippen LogP contribution >= 0.6 is 0 Å². The van der Waals surface area contributed by atoms with Crippen molar-refractivity contribution in [3.05, 3.63) is 59.7 Å². The molecule has 7 heteroatoms. The van der Waals surface area contributed by atoms with Crippen molar-refractivity contribution in [2.24, 2.45) is 0 Å². The molecule has 0 aromatic heterocycles. The Bertz CT molecular complexity index is 892. The van der Waals surface area contributed by atoms with Gasteiger partial charge in [-0.15, -0.1) is 0 Å². The van der Waals surface area contributed by atoms with Crippen LogP contribution in [-0.4, -0.2) is 36.7 Å². The lowest BCUT2D eigenvalue weighted by Crippen LogP contribution is -2.41. The summed E-state index contributed by atoms with van der Waals surface area (Å²) in [6.07, 6.45) is 0.813. The van der Waals surface area contributed by atoms with E-state index in [1.54, 1.807) is 31.2 Å². The smallest absolute Gasteiger partial charge is 0.338 e. The van der Waals surface area contributed by atoms with Crippen molar-refractivity contribution in [3.8, 4) is 0 Å². The molecule has 3 rings (SSSR count). The van der Waals surface area contributed by atoms with Crippen molar-refractivity contribution in [3.63, 3.8) is 0 Å². The summed E-state index contributed by atoms with van der Waals surface area (Å²) in [5.41, 5.74) is 1.78. The molecule has 1 N–H and O–H groups in total. The van der Waals surface area contributed by atoms with Gasteiger partial charge >= 0.3 is 5.97 Å². The maximum Gasteiger partial charge on any atom is 0.338 e. The summed E-state index contributed by atoms with van der Waals surface area (Å²) in [4.78, 5) is 49.0. The van der Waals surface area contributed by atoms with E-state index in [0.29, 0.717) is 23.2 Å². The molecule has 1 heterocycles. The molecule has 7 nitrogen and oxygen atoms in total. The third-order valence-corrected chi connectivity index (χ3v) is 4.24. The maximum absolute atomic E-state index is 12.7. The molecule has 0 fully saturated rings. The Morgan fingerprint density at radius 1 is 1.19 bits per heavy atom. The van der Waals surface area contributed by atoms with Crippen LogP contribution in [0.1, 0.15) is 34.1 Å². The summed E-state index contributed by atoms with van der Waals surface area (Å²) in [5, 5.41) is 2.77. The molecule has 0 bridgehead atoms. The molecule has 138 valence electrons. The van der Waals surface area contributed by atoms with E-state index in [0.717, 1.165) is 0 Å². The molecule has 2 aromatic rings. The standard InChI is InChI=1S/C20H18N2O5/c1-13-10-18(24)21-16-4-2-3-5-17(16)22(13)19(25)12-27-20(26)15-8-6-14(11-23)7-9-15/h2-9,11,13H,10,12H2,1H3,(H,21,24)/t13-/m0/s1. The van der Waals surface area contributed by atoms with Crippen molar-refractivity contribution in [1.82, 2.24) is 0 Å². The number of carbonyl (C=O) groups is 4. The molecule has 0 spiro atoms. The Labute approximate surface area is 155 Å². The molecule has 0 radical (unpaired) electrons. The molecule has 0 aliphatic carbocycles. The quantitative estimate of drug-likeness (QED) is 0.663. The number of benzene rings is 2. The maximum atomic E-state index is 12.7. The Balaban J connectivity index is 1.73. The number of nitrogens with zero attached hydrogens (tertiary/aromatic N) is 1. The number of ether oxygens (including phenoxy) is 1. The summed E-state index contributed by atoms with van der Waals surface area (Å²) in [5.74, 6) is -1.27. The van der Waals surface area contributed by atoms with E-state index in [9.17, 15) is 19.2 Å². The fourth-order valence-corrected chi connectivity index (χ4v) is 2.95. The monoisotopic (exact) mass is 366 g/mol. The number of fused-ring (bicyclic) bond motifs is 1. The van der Waals surface area contributed by atoms with E-state index in [1.807, 2.05) is 0 Å². The second-order valence-electron chi connectivity index (χ2n) is 6.20. The first-order valence-electron chi connectivity index (χ1n) is 8.43. The third-order valence-electron chi connectivity index (χ3n) is 4.24. The fourth-order valence-electron chi connectivity index (χ4n) is 2.95. The van der Waals surface area contributed by atoms with Crippen LogP contribution in [0.25, 0.3) is 0 Å². The minimum Gasteiger partial charge on any atom is -0.452 e. The number of nitrogens with one attached hydrogen (secondary N) is 1. The van der Waals surface area contributed by atoms with Crippen LogP contribution in [0.15, 0.2) is 48.5 Å². The number of anilines is 2. The van der Waals surface area contributed by atoms with Crippen LogP contribution in [-0.2, 0) is 14.3 Å². The minimum absolute atomic E-state index is 0.140. The molecule has 0 saturated heterocycles. The average Bonchev–Trinajstić information content (AvgIpc) is 2.80. The number of hydrogen-bond donors (Lipinski definition) is 1. The molecule has 1 atom stereocenters. The summed E-state index contributed by atoms with van der Waals surface area (Å²) in [6, 6.07) is 12.5. The zero-order valence-electron chi connectivity index (χ0n) is 14.7. The molecule has 0 unspecified atom stereocenters. The van der Waals surface area contributed by atoms with Crippen LogP contribution in [0.3, 0.4) is 0 Å². The second-order valence-corrected chi connectivity index (χ2v) is 6.20. The van der Waals surface area contributed by atoms with Crippen molar-refractivity contribution in [2.75, 3.05) is 16.8 Å². The van der Waals surface area contributed by atoms with Gasteiger partial charge in [-0.2, -0.15) is 0 Å². The Morgan fingerprint density at radius 3 is 2.59 bits per heavy atom. The van der Waals surface area contributed by atoms with Gasteiger partial charge in [-0.1, -0.05) is 24.3 Å². The second kappa shape index (κ2) is 7.82. The van der Waals surface area contributed by atoms with E-state index in [2.05, 4.69) is 5.32 Å². The first-order valence-corrected chi connectivity index (χ1v) is 8.43. The summed E-state index contributed by atoms with van der Waals surface area (Å²) in [6.45, 7) is 1.31. The molecule has 27 heavy (non-hydrogen) atoms. The molecule has 2 amide bonds. The van der Waals surface area contributed by atoms with Gasteiger partial charge < -0.3 is 15.0 Å².